The van der Waals surface area contributed by atoms with Gasteiger partial charge in [-0.1, -0.05) is 51.8 Å². The molecule has 2 rings (SSSR count). The van der Waals surface area contributed by atoms with Crippen molar-refractivity contribution in [3.05, 3.63) is 34.9 Å². The Labute approximate surface area is 217 Å². The van der Waals surface area contributed by atoms with Gasteiger partial charge in [-0.15, -0.1) is 0 Å². The number of nitrogens with zero attached hydrogens (tertiary/aromatic N) is 1. The smallest absolute Gasteiger partial charge is 0.408 e. The molecule has 1 fully saturated rings. The van der Waals surface area contributed by atoms with Gasteiger partial charge in [-0.05, 0) is 83.4 Å². The highest BCUT2D eigenvalue weighted by Gasteiger charge is 2.45. The second-order valence-electron chi connectivity index (χ2n) is 11.4. The number of aryl methyl sites for hydroxylation is 2. The zero-order chi connectivity index (χ0) is 27.2. The average molecular weight is 502 g/mol. The Hall–Kier alpha value is -2.57. The van der Waals surface area contributed by atoms with Crippen LogP contribution in [-0.4, -0.2) is 46.5 Å². The third kappa shape index (κ3) is 8.24. The minimum absolute atomic E-state index is 0.00190. The van der Waals surface area contributed by atoms with Crippen LogP contribution in [0, 0.1) is 19.8 Å². The Morgan fingerprint density at radius 1 is 1.06 bits per heavy atom. The maximum absolute atomic E-state index is 14.2. The molecule has 202 valence electrons. The summed E-state index contributed by atoms with van der Waals surface area (Å²) in [6, 6.07) is 4.35. The van der Waals surface area contributed by atoms with Crippen LogP contribution in [0.15, 0.2) is 18.2 Å². The lowest BCUT2D eigenvalue weighted by Crippen LogP contribution is -2.56. The summed E-state index contributed by atoms with van der Waals surface area (Å²) in [7, 11) is 0. The maximum Gasteiger partial charge on any atom is 0.408 e. The SMILES string of the molecule is CCCC(C)NC(=O)C(c1ccc(C)c(C)c1)N(C(=O)C(NC(=O)OC(C)(C)C)C(C)CC)C1CC1. The van der Waals surface area contributed by atoms with Crippen LogP contribution < -0.4 is 10.6 Å². The topological polar surface area (TPSA) is 87.7 Å². The predicted molar refractivity (Wildman–Crippen MR) is 144 cm³/mol. The molecule has 2 N–H and O–H groups in total. The molecular formula is C29H47N3O4. The van der Waals surface area contributed by atoms with Gasteiger partial charge in [0.2, 0.25) is 11.8 Å². The number of nitrogens with one attached hydrogen (secondary N) is 2. The van der Waals surface area contributed by atoms with E-state index in [1.807, 2.05) is 52.8 Å². The molecule has 1 aliphatic rings. The van der Waals surface area contributed by atoms with Crippen LogP contribution in [0.25, 0.3) is 0 Å². The lowest BCUT2D eigenvalue weighted by atomic mass is 9.94. The summed E-state index contributed by atoms with van der Waals surface area (Å²) in [6.07, 6.45) is 3.56. The molecule has 3 amide bonds. The number of rotatable bonds is 11. The summed E-state index contributed by atoms with van der Waals surface area (Å²) in [4.78, 5) is 42.4. The van der Waals surface area contributed by atoms with Crippen LogP contribution in [0.3, 0.4) is 0 Å². The summed E-state index contributed by atoms with van der Waals surface area (Å²) in [5, 5.41) is 5.97. The molecule has 36 heavy (non-hydrogen) atoms. The summed E-state index contributed by atoms with van der Waals surface area (Å²) < 4.78 is 5.47. The van der Waals surface area contributed by atoms with Gasteiger partial charge in [0.15, 0.2) is 0 Å². The van der Waals surface area contributed by atoms with Gasteiger partial charge in [0.1, 0.15) is 17.7 Å². The summed E-state index contributed by atoms with van der Waals surface area (Å²) >= 11 is 0. The van der Waals surface area contributed by atoms with Crippen molar-refractivity contribution in [3.8, 4) is 0 Å². The number of amides is 3. The third-order valence-electron chi connectivity index (χ3n) is 6.83. The zero-order valence-electron chi connectivity index (χ0n) is 23.7. The van der Waals surface area contributed by atoms with Crippen molar-refractivity contribution in [2.45, 2.75) is 124 Å². The molecule has 0 aromatic heterocycles. The van der Waals surface area contributed by atoms with E-state index in [2.05, 4.69) is 17.6 Å². The fourth-order valence-electron chi connectivity index (χ4n) is 4.35. The molecule has 0 bridgehead atoms. The van der Waals surface area contributed by atoms with Gasteiger partial charge in [0.25, 0.3) is 0 Å². The van der Waals surface area contributed by atoms with E-state index in [1.165, 1.54) is 0 Å². The molecule has 1 aromatic carbocycles. The molecule has 0 spiro atoms. The maximum atomic E-state index is 14.2. The highest BCUT2D eigenvalue weighted by atomic mass is 16.6. The highest BCUT2D eigenvalue weighted by molar-refractivity contribution is 5.93. The molecule has 7 nitrogen and oxygen atoms in total. The largest absolute Gasteiger partial charge is 0.444 e. The number of carbonyl (C=O) groups excluding carboxylic acids is 3. The van der Waals surface area contributed by atoms with Crippen molar-refractivity contribution < 1.29 is 19.1 Å². The fourth-order valence-corrected chi connectivity index (χ4v) is 4.35. The molecule has 4 unspecified atom stereocenters. The van der Waals surface area contributed by atoms with Crippen LogP contribution in [0.5, 0.6) is 0 Å². The predicted octanol–water partition coefficient (Wildman–Crippen LogP) is 5.58. The second kappa shape index (κ2) is 12.6. The lowest BCUT2D eigenvalue weighted by Gasteiger charge is -2.36. The molecule has 0 heterocycles. The van der Waals surface area contributed by atoms with Crippen molar-refractivity contribution in [2.75, 3.05) is 0 Å². The Balaban J connectivity index is 2.49. The minimum atomic E-state index is -0.791. The van der Waals surface area contributed by atoms with E-state index in [0.717, 1.165) is 42.4 Å². The number of carbonyl (C=O) groups is 3. The van der Waals surface area contributed by atoms with E-state index in [9.17, 15) is 14.4 Å². The van der Waals surface area contributed by atoms with Gasteiger partial charge in [-0.3, -0.25) is 9.59 Å². The van der Waals surface area contributed by atoms with Gasteiger partial charge in [-0.2, -0.15) is 0 Å². The number of hydrogen-bond donors (Lipinski definition) is 2. The lowest BCUT2D eigenvalue weighted by molar-refractivity contribution is -0.144. The van der Waals surface area contributed by atoms with Crippen molar-refractivity contribution in [3.63, 3.8) is 0 Å². The number of hydrogen-bond acceptors (Lipinski definition) is 4. The fraction of sp³-hybridized carbons (Fsp3) is 0.690. The van der Waals surface area contributed by atoms with Crippen molar-refractivity contribution in [1.82, 2.24) is 15.5 Å². The Bertz CT molecular complexity index is 920. The van der Waals surface area contributed by atoms with E-state index in [1.54, 1.807) is 25.7 Å². The van der Waals surface area contributed by atoms with Gasteiger partial charge in [-0.25, -0.2) is 4.79 Å². The molecule has 0 saturated heterocycles. The number of benzene rings is 1. The molecule has 4 atom stereocenters. The summed E-state index contributed by atoms with van der Waals surface area (Å²) in [5.74, 6) is -0.549. The van der Waals surface area contributed by atoms with Crippen LogP contribution >= 0.6 is 0 Å². The van der Waals surface area contributed by atoms with E-state index >= 15 is 0 Å². The van der Waals surface area contributed by atoms with Crippen molar-refractivity contribution in [1.29, 1.82) is 0 Å². The first-order valence-electron chi connectivity index (χ1n) is 13.5. The van der Waals surface area contributed by atoms with E-state index < -0.39 is 23.8 Å². The van der Waals surface area contributed by atoms with Crippen LogP contribution in [-0.2, 0) is 14.3 Å². The normalized spacial score (nSPS) is 16.9. The van der Waals surface area contributed by atoms with Crippen molar-refractivity contribution in [2.24, 2.45) is 5.92 Å². The zero-order valence-corrected chi connectivity index (χ0v) is 23.7. The van der Waals surface area contributed by atoms with Crippen LogP contribution in [0.2, 0.25) is 0 Å². The summed E-state index contributed by atoms with van der Waals surface area (Å²) in [6.45, 7) is 17.4. The molecule has 1 saturated carbocycles. The molecule has 1 aromatic rings. The van der Waals surface area contributed by atoms with Gasteiger partial charge in [0.05, 0.1) is 0 Å². The molecule has 0 radical (unpaired) electrons. The number of alkyl carbamates (subject to hydrolysis) is 1. The Kier molecular flexibility index (Phi) is 10.4. The molecule has 1 aliphatic carbocycles. The van der Waals surface area contributed by atoms with Crippen LogP contribution in [0.1, 0.15) is 103 Å². The molecule has 7 heteroatoms. The van der Waals surface area contributed by atoms with Gasteiger partial charge < -0.3 is 20.3 Å². The first-order chi connectivity index (χ1) is 16.8. The molecular weight excluding hydrogens is 454 g/mol. The first kappa shape index (κ1) is 29.7. The Morgan fingerprint density at radius 2 is 1.69 bits per heavy atom. The van der Waals surface area contributed by atoms with E-state index in [0.29, 0.717) is 6.42 Å². The second-order valence-corrected chi connectivity index (χ2v) is 11.4. The van der Waals surface area contributed by atoms with E-state index in [-0.39, 0.29) is 29.8 Å². The summed E-state index contributed by atoms with van der Waals surface area (Å²) in [5.41, 5.74) is 2.31. The molecule has 0 aliphatic heterocycles. The number of ether oxygens (including phenoxy) is 1. The third-order valence-corrected chi connectivity index (χ3v) is 6.83. The Morgan fingerprint density at radius 3 is 2.19 bits per heavy atom. The quantitative estimate of drug-likeness (QED) is 0.414. The monoisotopic (exact) mass is 501 g/mol. The highest BCUT2D eigenvalue weighted by Crippen LogP contribution is 2.37. The van der Waals surface area contributed by atoms with Crippen molar-refractivity contribution >= 4 is 17.9 Å². The van der Waals surface area contributed by atoms with Crippen LogP contribution in [0.4, 0.5) is 4.79 Å². The average Bonchev–Trinajstić information content (AvgIpc) is 3.60. The first-order valence-corrected chi connectivity index (χ1v) is 13.5. The van der Waals surface area contributed by atoms with E-state index in [4.69, 9.17) is 4.74 Å². The standard InChI is InChI=1S/C29H47N3O4/c1-10-12-21(6)30-26(33)25(22-14-13-19(4)20(5)17-22)32(23-15-16-23)27(34)24(18(3)11-2)31-28(35)36-29(7,8)9/h13-14,17-18,21,23-25H,10-12,15-16H2,1-9H3,(H,30,33)(H,31,35). The van der Waals surface area contributed by atoms with Gasteiger partial charge in [0, 0.05) is 12.1 Å². The van der Waals surface area contributed by atoms with Gasteiger partial charge >= 0.3 is 6.09 Å². The minimum Gasteiger partial charge on any atom is -0.444 e.